The zero-order valence-electron chi connectivity index (χ0n) is 22.2. The lowest BCUT2D eigenvalue weighted by molar-refractivity contribution is 0.121. The molecule has 2 bridgehead atoms. The summed E-state index contributed by atoms with van der Waals surface area (Å²) < 4.78 is 38.6. The van der Waals surface area contributed by atoms with Gasteiger partial charge in [0.2, 0.25) is 5.13 Å². The Morgan fingerprint density at radius 3 is 2.45 bits per heavy atom. The first-order valence-corrected chi connectivity index (χ1v) is 15.4. The van der Waals surface area contributed by atoms with E-state index >= 15 is 0 Å². The van der Waals surface area contributed by atoms with Crippen LogP contribution in [0.5, 0.6) is 5.75 Å². The van der Waals surface area contributed by atoms with Crippen molar-refractivity contribution in [1.82, 2.24) is 14.3 Å². The Bertz CT molecular complexity index is 1650. The third-order valence-corrected chi connectivity index (χ3v) is 10.0. The first kappa shape index (κ1) is 26.4. The molecule has 0 radical (unpaired) electrons. The van der Waals surface area contributed by atoms with Crippen molar-refractivity contribution in [3.8, 4) is 11.8 Å². The molecule has 1 unspecified atom stereocenters. The van der Waals surface area contributed by atoms with Gasteiger partial charge in [-0.05, 0) is 73.8 Å². The van der Waals surface area contributed by atoms with Crippen LogP contribution in [0.2, 0.25) is 0 Å². The molecule has 10 heteroatoms. The van der Waals surface area contributed by atoms with Gasteiger partial charge in [0.05, 0.1) is 10.5 Å². The van der Waals surface area contributed by atoms with Crippen LogP contribution in [0.4, 0.5) is 5.13 Å². The van der Waals surface area contributed by atoms with Crippen molar-refractivity contribution in [2.45, 2.75) is 41.6 Å². The summed E-state index contributed by atoms with van der Waals surface area (Å²) in [5.74, 6) is 0.780. The van der Waals surface area contributed by atoms with Crippen molar-refractivity contribution in [3.63, 3.8) is 0 Å². The smallest absolute Gasteiger partial charge is 0.263 e. The molecule has 8 nitrogen and oxygen atoms in total. The van der Waals surface area contributed by atoms with Crippen LogP contribution in [0, 0.1) is 11.3 Å². The molecule has 0 amide bonds. The molecule has 1 heterocycles. The Morgan fingerprint density at radius 2 is 1.82 bits per heavy atom. The number of anilines is 1. The van der Waals surface area contributed by atoms with Gasteiger partial charge in [-0.15, -0.1) is 0 Å². The molecule has 1 atom stereocenters. The zero-order valence-corrected chi connectivity index (χ0v) is 23.9. The molecule has 0 aliphatic heterocycles. The Labute approximate surface area is 238 Å². The molecule has 3 aliphatic rings. The van der Waals surface area contributed by atoms with Crippen molar-refractivity contribution < 1.29 is 13.2 Å². The van der Waals surface area contributed by atoms with Crippen LogP contribution in [0.15, 0.2) is 78.0 Å². The highest BCUT2D eigenvalue weighted by Crippen LogP contribution is 2.58. The van der Waals surface area contributed by atoms with Crippen LogP contribution in [0.3, 0.4) is 0 Å². The average Bonchev–Trinajstić information content (AvgIpc) is 3.45. The third kappa shape index (κ3) is 4.64. The van der Waals surface area contributed by atoms with E-state index in [2.05, 4.69) is 73.6 Å². The standard InChI is InChI=1S/C30H29N5O3S2/c1-35(2)18-21(38-28-12-11-22(15-20(28)17-31)40(36,37)34-29-32-19-33-39-29)16-30-14-13-23(24-7-3-5-9-26(24)30)25-8-4-6-10-27(25)30/h3-12,15,19,21,23H,13-14,16,18H2,1-2H3,(H,32,33,34). The predicted molar refractivity (Wildman–Crippen MR) is 154 cm³/mol. The highest BCUT2D eigenvalue weighted by Gasteiger charge is 2.49. The largest absolute Gasteiger partial charge is 0.488 e. The Kier molecular flexibility index (Phi) is 6.82. The molecule has 3 aliphatic carbocycles. The Morgan fingerprint density at radius 1 is 1.12 bits per heavy atom. The minimum atomic E-state index is -3.94. The number of nitriles is 1. The molecule has 1 N–H and O–H groups in total. The summed E-state index contributed by atoms with van der Waals surface area (Å²) in [6.07, 6.45) is 3.87. The van der Waals surface area contributed by atoms with Crippen LogP contribution >= 0.6 is 11.5 Å². The van der Waals surface area contributed by atoms with Crippen LogP contribution in [0.25, 0.3) is 0 Å². The van der Waals surface area contributed by atoms with Crippen molar-refractivity contribution in [2.24, 2.45) is 0 Å². The van der Waals surface area contributed by atoms with Crippen LogP contribution in [0.1, 0.15) is 53.0 Å². The molecule has 1 aromatic heterocycles. The lowest BCUT2D eigenvalue weighted by atomic mass is 9.53. The third-order valence-electron chi connectivity index (χ3n) is 7.97. The number of aromatic nitrogens is 2. The van der Waals surface area contributed by atoms with E-state index < -0.39 is 10.0 Å². The number of likely N-dealkylation sites (N-methyl/N-ethyl adjacent to an activating group) is 1. The highest BCUT2D eigenvalue weighted by atomic mass is 32.2. The first-order chi connectivity index (χ1) is 19.3. The van der Waals surface area contributed by atoms with Gasteiger partial charge in [-0.25, -0.2) is 13.4 Å². The molecule has 0 saturated heterocycles. The topological polar surface area (TPSA) is 108 Å². The number of sulfonamides is 1. The normalized spacial score (nSPS) is 19.9. The Hall–Kier alpha value is -3.78. The van der Waals surface area contributed by atoms with Crippen molar-refractivity contribution in [2.75, 3.05) is 25.4 Å². The predicted octanol–water partition coefficient (Wildman–Crippen LogP) is 5.14. The second kappa shape index (κ2) is 10.3. The second-order valence-electron chi connectivity index (χ2n) is 10.7. The summed E-state index contributed by atoms with van der Waals surface area (Å²) in [6.45, 7) is 0.638. The molecule has 4 aromatic rings. The molecule has 0 fully saturated rings. The van der Waals surface area contributed by atoms with E-state index in [1.807, 2.05) is 14.1 Å². The van der Waals surface area contributed by atoms with Gasteiger partial charge < -0.3 is 9.64 Å². The summed E-state index contributed by atoms with van der Waals surface area (Å²) in [5, 5.41) is 10.1. The quantitative estimate of drug-likeness (QED) is 0.297. The van der Waals surface area contributed by atoms with Crippen molar-refractivity contribution in [3.05, 3.63) is 101 Å². The maximum Gasteiger partial charge on any atom is 0.263 e. The van der Waals surface area contributed by atoms with Gasteiger partial charge in [0, 0.05) is 29.4 Å². The van der Waals surface area contributed by atoms with E-state index in [0.29, 0.717) is 18.2 Å². The monoisotopic (exact) mass is 571 g/mol. The minimum Gasteiger partial charge on any atom is -0.488 e. The molecule has 7 rings (SSSR count). The number of nitrogens with one attached hydrogen (secondary N) is 1. The lowest BCUT2D eigenvalue weighted by Crippen LogP contribution is -2.45. The number of fused-ring (bicyclic) bond motifs is 1. The van der Waals surface area contributed by atoms with Gasteiger partial charge in [0.15, 0.2) is 0 Å². The molecule has 0 spiro atoms. The number of nitrogens with zero attached hydrogens (tertiary/aromatic N) is 4. The van der Waals surface area contributed by atoms with Crippen LogP contribution in [-0.4, -0.2) is 49.4 Å². The Balaban J connectivity index is 1.35. The average molecular weight is 572 g/mol. The number of benzene rings is 3. The summed E-state index contributed by atoms with van der Waals surface area (Å²) in [4.78, 5) is 5.93. The van der Waals surface area contributed by atoms with Gasteiger partial charge in [0.1, 0.15) is 24.3 Å². The number of hydrogen-bond donors (Lipinski definition) is 1. The number of ether oxygens (including phenoxy) is 1. The molecular weight excluding hydrogens is 542 g/mol. The fraction of sp³-hybridized carbons (Fsp3) is 0.300. The lowest BCUT2D eigenvalue weighted by Gasteiger charge is -2.50. The molecule has 0 saturated carbocycles. The fourth-order valence-electron chi connectivity index (χ4n) is 6.46. The van der Waals surface area contributed by atoms with Gasteiger partial charge in [-0.2, -0.15) is 9.64 Å². The van der Waals surface area contributed by atoms with Crippen LogP contribution < -0.4 is 9.46 Å². The first-order valence-electron chi connectivity index (χ1n) is 13.1. The summed E-state index contributed by atoms with van der Waals surface area (Å²) in [5.41, 5.74) is 5.47. The van der Waals surface area contributed by atoms with E-state index in [9.17, 15) is 13.7 Å². The zero-order chi connectivity index (χ0) is 27.9. The molecule has 40 heavy (non-hydrogen) atoms. The highest BCUT2D eigenvalue weighted by molar-refractivity contribution is 7.93. The van der Waals surface area contributed by atoms with E-state index in [0.717, 1.165) is 30.8 Å². The minimum absolute atomic E-state index is 0.0391. The molecule has 3 aromatic carbocycles. The summed E-state index contributed by atoms with van der Waals surface area (Å²) in [7, 11) is 0.0802. The van der Waals surface area contributed by atoms with Crippen molar-refractivity contribution >= 4 is 26.7 Å². The van der Waals surface area contributed by atoms with Gasteiger partial charge >= 0.3 is 0 Å². The molecular formula is C30H29N5O3S2. The maximum atomic E-state index is 12.9. The van der Waals surface area contributed by atoms with Gasteiger partial charge in [-0.3, -0.25) is 4.72 Å². The number of rotatable bonds is 9. The number of hydrogen-bond acceptors (Lipinski definition) is 8. The maximum absolute atomic E-state index is 12.9. The van der Waals surface area contributed by atoms with E-state index in [1.165, 1.54) is 40.7 Å². The summed E-state index contributed by atoms with van der Waals surface area (Å²) in [6, 6.07) is 24.0. The molecule has 204 valence electrons. The fourth-order valence-corrected chi connectivity index (χ4v) is 8.14. The second-order valence-corrected chi connectivity index (χ2v) is 13.1. The summed E-state index contributed by atoms with van der Waals surface area (Å²) >= 11 is 0.938. The van der Waals surface area contributed by atoms with Gasteiger partial charge in [0.25, 0.3) is 10.0 Å². The van der Waals surface area contributed by atoms with Crippen LogP contribution in [-0.2, 0) is 15.4 Å². The van der Waals surface area contributed by atoms with E-state index in [1.54, 1.807) is 6.07 Å². The van der Waals surface area contributed by atoms with E-state index in [4.69, 9.17) is 4.74 Å². The van der Waals surface area contributed by atoms with Crippen molar-refractivity contribution in [1.29, 1.82) is 5.26 Å². The SMILES string of the molecule is CN(C)CC(CC12CCC(c3ccccc31)c1ccccc12)Oc1ccc(S(=O)(=O)Nc2ncns2)cc1C#N. The van der Waals surface area contributed by atoms with E-state index in [-0.39, 0.29) is 27.1 Å². The van der Waals surface area contributed by atoms with Gasteiger partial charge in [-0.1, -0.05) is 48.5 Å².